The van der Waals surface area contributed by atoms with E-state index in [9.17, 15) is 4.79 Å². The Morgan fingerprint density at radius 1 is 1.20 bits per heavy atom. The van der Waals surface area contributed by atoms with Gasteiger partial charge in [-0.1, -0.05) is 36.4 Å². The first-order valence-electron chi connectivity index (χ1n) is 8.03. The van der Waals surface area contributed by atoms with Crippen LogP contribution in [0.5, 0.6) is 5.75 Å². The highest BCUT2D eigenvalue weighted by Crippen LogP contribution is 2.25. The number of benzene rings is 2. The van der Waals surface area contributed by atoms with Gasteiger partial charge in [0.15, 0.2) is 0 Å². The van der Waals surface area contributed by atoms with Crippen LogP contribution in [0.1, 0.15) is 11.1 Å². The van der Waals surface area contributed by atoms with Gasteiger partial charge >= 0.3 is 0 Å². The van der Waals surface area contributed by atoms with Gasteiger partial charge in [0.2, 0.25) is 5.91 Å². The highest BCUT2D eigenvalue weighted by atomic mass is 35.5. The van der Waals surface area contributed by atoms with Crippen molar-refractivity contribution >= 4 is 24.0 Å². The maximum atomic E-state index is 12.4. The van der Waals surface area contributed by atoms with E-state index in [-0.39, 0.29) is 24.9 Å². The molecule has 2 aromatic carbocycles. The molecule has 2 aromatic rings. The van der Waals surface area contributed by atoms with Gasteiger partial charge < -0.3 is 15.8 Å². The summed E-state index contributed by atoms with van der Waals surface area (Å²) < 4.78 is 5.30. The van der Waals surface area contributed by atoms with Gasteiger partial charge in [0.1, 0.15) is 5.75 Å². The number of hydrogen-bond acceptors (Lipinski definition) is 4. The lowest BCUT2D eigenvalue weighted by Gasteiger charge is -2.21. The van der Waals surface area contributed by atoms with Crippen LogP contribution >= 0.6 is 12.4 Å². The van der Waals surface area contributed by atoms with Crippen molar-refractivity contribution in [3.05, 3.63) is 59.7 Å². The van der Waals surface area contributed by atoms with Gasteiger partial charge in [0.05, 0.1) is 19.3 Å². The van der Waals surface area contributed by atoms with E-state index in [1.54, 1.807) is 7.11 Å². The number of aryl methyl sites for hydroxylation is 1. The molecule has 3 N–H and O–H groups in total. The summed E-state index contributed by atoms with van der Waals surface area (Å²) in [5.41, 5.74) is 8.60. The van der Waals surface area contributed by atoms with E-state index < -0.39 is 0 Å². The summed E-state index contributed by atoms with van der Waals surface area (Å²) in [5, 5.41) is 2.93. The SMILES string of the molecule is COc1ccc(C)cc1NC(=O)CN(CCN)Cc1ccccc1.Cl. The number of anilines is 1. The first-order chi connectivity index (χ1) is 11.6. The van der Waals surface area contributed by atoms with E-state index >= 15 is 0 Å². The summed E-state index contributed by atoms with van der Waals surface area (Å²) in [4.78, 5) is 14.5. The van der Waals surface area contributed by atoms with Crippen molar-refractivity contribution in [2.45, 2.75) is 13.5 Å². The molecule has 0 bridgehead atoms. The fourth-order valence-corrected chi connectivity index (χ4v) is 2.55. The summed E-state index contributed by atoms with van der Waals surface area (Å²) in [6, 6.07) is 15.8. The third-order valence-electron chi connectivity index (χ3n) is 3.69. The van der Waals surface area contributed by atoms with Crippen molar-refractivity contribution in [1.29, 1.82) is 0 Å². The highest BCUT2D eigenvalue weighted by Gasteiger charge is 2.13. The second-order valence-electron chi connectivity index (χ2n) is 5.74. The average molecular weight is 364 g/mol. The molecule has 0 aliphatic carbocycles. The zero-order chi connectivity index (χ0) is 17.4. The zero-order valence-corrected chi connectivity index (χ0v) is 15.5. The lowest BCUT2D eigenvalue weighted by atomic mass is 10.2. The Hall–Kier alpha value is -2.08. The number of nitrogens with zero attached hydrogens (tertiary/aromatic N) is 1. The van der Waals surface area contributed by atoms with Gasteiger partial charge in [-0.25, -0.2) is 0 Å². The third-order valence-corrected chi connectivity index (χ3v) is 3.69. The Kier molecular flexibility index (Phi) is 8.99. The lowest BCUT2D eigenvalue weighted by Crippen LogP contribution is -2.36. The number of carbonyl (C=O) groups is 1. The number of amides is 1. The van der Waals surface area contributed by atoms with Crippen molar-refractivity contribution in [3.63, 3.8) is 0 Å². The quantitative estimate of drug-likeness (QED) is 0.756. The van der Waals surface area contributed by atoms with Crippen LogP contribution in [-0.4, -0.2) is 37.6 Å². The largest absolute Gasteiger partial charge is 0.495 e. The van der Waals surface area contributed by atoms with Crippen LogP contribution in [-0.2, 0) is 11.3 Å². The number of methoxy groups -OCH3 is 1. The smallest absolute Gasteiger partial charge is 0.238 e. The van der Waals surface area contributed by atoms with Gasteiger partial charge in [0.25, 0.3) is 0 Å². The summed E-state index contributed by atoms with van der Waals surface area (Å²) in [5.74, 6) is 0.575. The monoisotopic (exact) mass is 363 g/mol. The zero-order valence-electron chi connectivity index (χ0n) is 14.7. The van der Waals surface area contributed by atoms with E-state index in [1.807, 2.05) is 60.4 Å². The molecule has 25 heavy (non-hydrogen) atoms. The predicted molar refractivity (Wildman–Crippen MR) is 104 cm³/mol. The number of carbonyl (C=O) groups excluding carboxylic acids is 1. The molecule has 0 atom stereocenters. The number of nitrogens with two attached hydrogens (primary N) is 1. The summed E-state index contributed by atoms with van der Waals surface area (Å²) in [7, 11) is 1.59. The minimum absolute atomic E-state index is 0. The molecule has 0 saturated carbocycles. The van der Waals surface area contributed by atoms with Crippen LogP contribution in [0.25, 0.3) is 0 Å². The molecule has 5 nitrogen and oxygen atoms in total. The van der Waals surface area contributed by atoms with Crippen LogP contribution in [0.15, 0.2) is 48.5 Å². The second kappa shape index (κ2) is 10.7. The molecular formula is C19H26ClN3O2. The van der Waals surface area contributed by atoms with Crippen LogP contribution in [0.3, 0.4) is 0 Å². The van der Waals surface area contributed by atoms with Gasteiger partial charge in [-0.3, -0.25) is 9.69 Å². The average Bonchev–Trinajstić information content (AvgIpc) is 2.56. The molecule has 0 radical (unpaired) electrons. The minimum Gasteiger partial charge on any atom is -0.495 e. The normalized spacial score (nSPS) is 10.2. The molecule has 2 rings (SSSR count). The molecule has 0 aliphatic rings. The van der Waals surface area contributed by atoms with Crippen molar-refractivity contribution in [2.75, 3.05) is 32.1 Å². The number of halogens is 1. The minimum atomic E-state index is -0.0803. The topological polar surface area (TPSA) is 67.6 Å². The molecule has 0 unspecified atom stereocenters. The van der Waals surface area contributed by atoms with Crippen molar-refractivity contribution in [3.8, 4) is 5.75 Å². The number of hydrogen-bond donors (Lipinski definition) is 2. The first kappa shape index (κ1) is 21.0. The molecule has 1 amide bonds. The van der Waals surface area contributed by atoms with E-state index in [2.05, 4.69) is 5.32 Å². The lowest BCUT2D eigenvalue weighted by molar-refractivity contribution is -0.117. The number of nitrogens with one attached hydrogen (secondary N) is 1. The maximum Gasteiger partial charge on any atom is 0.238 e. The van der Waals surface area contributed by atoms with E-state index in [0.29, 0.717) is 31.1 Å². The van der Waals surface area contributed by atoms with Gasteiger partial charge in [-0.05, 0) is 30.2 Å². The Bertz CT molecular complexity index is 665. The molecule has 0 fully saturated rings. The van der Waals surface area contributed by atoms with Gasteiger partial charge in [-0.2, -0.15) is 0 Å². The molecule has 0 aliphatic heterocycles. The van der Waals surface area contributed by atoms with Crippen LogP contribution in [0.4, 0.5) is 5.69 Å². The number of ether oxygens (including phenoxy) is 1. The predicted octanol–water partition coefficient (Wildman–Crippen LogP) is 2.82. The van der Waals surface area contributed by atoms with Crippen LogP contribution < -0.4 is 15.8 Å². The van der Waals surface area contributed by atoms with E-state index in [1.165, 1.54) is 0 Å². The summed E-state index contributed by atoms with van der Waals surface area (Å²) >= 11 is 0. The second-order valence-corrected chi connectivity index (χ2v) is 5.74. The molecular weight excluding hydrogens is 338 g/mol. The standard InChI is InChI=1S/C19H25N3O2.ClH/c1-15-8-9-18(24-2)17(12-15)21-19(23)14-22(11-10-20)13-16-6-4-3-5-7-16;/h3-9,12H,10-11,13-14,20H2,1-2H3,(H,21,23);1H. The Morgan fingerprint density at radius 2 is 1.92 bits per heavy atom. The molecule has 0 saturated heterocycles. The van der Waals surface area contributed by atoms with Gasteiger partial charge in [-0.15, -0.1) is 12.4 Å². The molecule has 0 spiro atoms. The summed E-state index contributed by atoms with van der Waals surface area (Å²) in [6.07, 6.45) is 0. The van der Waals surface area contributed by atoms with E-state index in [0.717, 1.165) is 11.1 Å². The summed E-state index contributed by atoms with van der Waals surface area (Å²) in [6.45, 7) is 4.12. The Morgan fingerprint density at radius 3 is 2.56 bits per heavy atom. The third kappa shape index (κ3) is 6.74. The van der Waals surface area contributed by atoms with Crippen molar-refractivity contribution in [2.24, 2.45) is 5.73 Å². The number of rotatable bonds is 8. The van der Waals surface area contributed by atoms with Crippen molar-refractivity contribution in [1.82, 2.24) is 4.90 Å². The van der Waals surface area contributed by atoms with Crippen LogP contribution in [0.2, 0.25) is 0 Å². The molecule has 0 heterocycles. The fraction of sp³-hybridized carbons (Fsp3) is 0.316. The maximum absolute atomic E-state index is 12.4. The van der Waals surface area contributed by atoms with Crippen LogP contribution in [0, 0.1) is 6.92 Å². The van der Waals surface area contributed by atoms with Crippen molar-refractivity contribution < 1.29 is 9.53 Å². The highest BCUT2D eigenvalue weighted by molar-refractivity contribution is 5.93. The Labute approximate surface area is 155 Å². The molecule has 0 aromatic heterocycles. The Balaban J connectivity index is 0.00000312. The first-order valence-corrected chi connectivity index (χ1v) is 8.03. The van der Waals surface area contributed by atoms with E-state index in [4.69, 9.17) is 10.5 Å². The fourth-order valence-electron chi connectivity index (χ4n) is 2.55. The molecule has 6 heteroatoms. The molecule has 136 valence electrons. The van der Waals surface area contributed by atoms with Gasteiger partial charge in [0, 0.05) is 19.6 Å².